The second-order valence-electron chi connectivity index (χ2n) is 10.3. The molecule has 3 heterocycles. The summed E-state index contributed by atoms with van der Waals surface area (Å²) in [5.74, 6) is 1.72. The van der Waals surface area contributed by atoms with Crippen molar-refractivity contribution in [2.75, 3.05) is 26.7 Å². The Bertz CT molecular complexity index is 586. The maximum atomic E-state index is 13.1. The first-order chi connectivity index (χ1) is 11.9. The Morgan fingerprint density at radius 2 is 1.88 bits per heavy atom. The van der Waals surface area contributed by atoms with Crippen LogP contribution in [0.15, 0.2) is 0 Å². The van der Waals surface area contributed by atoms with Crippen LogP contribution in [-0.2, 0) is 14.3 Å². The number of piperidine rings is 1. The molecule has 3 saturated heterocycles. The fourth-order valence-corrected chi connectivity index (χ4v) is 7.19. The molecule has 0 aromatic heterocycles. The van der Waals surface area contributed by atoms with Gasteiger partial charge in [0.15, 0.2) is 0 Å². The lowest BCUT2D eigenvalue weighted by Gasteiger charge is -2.50. The van der Waals surface area contributed by atoms with Gasteiger partial charge in [-0.2, -0.15) is 0 Å². The number of quaternary nitrogens is 1. The van der Waals surface area contributed by atoms with Crippen LogP contribution in [-0.4, -0.2) is 54.4 Å². The Balaban J connectivity index is 1.47. The van der Waals surface area contributed by atoms with Gasteiger partial charge >= 0.3 is 5.97 Å². The number of epoxide rings is 1. The standard InChI is InChI=1S/C21H34NO3/c1-14-7-8-17-15(13-22(3)11-5-4-6-12-22)18(23)24-21(17)16(14)9-10-20(2)19(21)25-20/h14-17,19H,4-13H2,1-3H3/q+1/t14-,15-,16+,17-,19-,20-,21-/m1/s1. The zero-order valence-electron chi connectivity index (χ0n) is 16.1. The van der Waals surface area contributed by atoms with Crippen LogP contribution in [0.3, 0.4) is 0 Å². The molecule has 4 nitrogen and oxygen atoms in total. The number of hydrogen-bond acceptors (Lipinski definition) is 3. The third kappa shape index (κ3) is 2.22. The number of carbonyl (C=O) groups excluding carboxylic acids is 1. The first-order valence-corrected chi connectivity index (χ1v) is 10.6. The Morgan fingerprint density at radius 3 is 2.64 bits per heavy atom. The van der Waals surface area contributed by atoms with Crippen LogP contribution in [0.5, 0.6) is 0 Å². The van der Waals surface area contributed by atoms with Crippen molar-refractivity contribution in [2.24, 2.45) is 23.7 Å². The van der Waals surface area contributed by atoms with E-state index in [4.69, 9.17) is 9.47 Å². The van der Waals surface area contributed by atoms with E-state index in [1.54, 1.807) is 0 Å². The monoisotopic (exact) mass is 348 g/mol. The summed E-state index contributed by atoms with van der Waals surface area (Å²) in [4.78, 5) is 13.1. The number of hydrogen-bond donors (Lipinski definition) is 0. The predicted octanol–water partition coefficient (Wildman–Crippen LogP) is 3.14. The number of carbonyl (C=O) groups is 1. The van der Waals surface area contributed by atoms with Crippen molar-refractivity contribution in [3.8, 4) is 0 Å². The first kappa shape index (κ1) is 16.6. The third-order valence-corrected chi connectivity index (χ3v) is 8.62. The third-order valence-electron chi connectivity index (χ3n) is 8.62. The largest absolute Gasteiger partial charge is 0.455 e. The summed E-state index contributed by atoms with van der Waals surface area (Å²) in [5.41, 5.74) is -0.327. The van der Waals surface area contributed by atoms with Crippen LogP contribution >= 0.6 is 0 Å². The van der Waals surface area contributed by atoms with Crippen molar-refractivity contribution in [1.29, 1.82) is 0 Å². The van der Waals surface area contributed by atoms with Crippen LogP contribution in [0.4, 0.5) is 0 Å². The molecule has 5 fully saturated rings. The molecular weight excluding hydrogens is 314 g/mol. The number of nitrogens with zero attached hydrogens (tertiary/aromatic N) is 1. The van der Waals surface area contributed by atoms with Gasteiger partial charge in [-0.25, -0.2) is 0 Å². The molecule has 7 atom stereocenters. The van der Waals surface area contributed by atoms with Gasteiger partial charge < -0.3 is 14.0 Å². The Hall–Kier alpha value is -0.610. The molecule has 1 spiro atoms. The van der Waals surface area contributed by atoms with Crippen LogP contribution in [0.25, 0.3) is 0 Å². The van der Waals surface area contributed by atoms with Crippen molar-refractivity contribution in [3.63, 3.8) is 0 Å². The zero-order valence-corrected chi connectivity index (χ0v) is 16.1. The molecule has 0 bridgehead atoms. The Labute approximate surface area is 151 Å². The molecule has 25 heavy (non-hydrogen) atoms. The van der Waals surface area contributed by atoms with Gasteiger partial charge in [0.05, 0.1) is 32.3 Å². The topological polar surface area (TPSA) is 38.8 Å². The number of rotatable bonds is 2. The fraction of sp³-hybridized carbons (Fsp3) is 0.952. The molecule has 0 aromatic rings. The van der Waals surface area contributed by atoms with Crippen molar-refractivity contribution >= 4 is 5.97 Å². The molecule has 0 amide bonds. The van der Waals surface area contributed by atoms with Crippen LogP contribution in [0.1, 0.15) is 58.8 Å². The molecule has 0 radical (unpaired) electrons. The van der Waals surface area contributed by atoms with Crippen molar-refractivity contribution < 1.29 is 18.8 Å². The van der Waals surface area contributed by atoms with Crippen molar-refractivity contribution in [3.05, 3.63) is 0 Å². The quantitative estimate of drug-likeness (QED) is 0.437. The Kier molecular flexibility index (Phi) is 3.46. The zero-order chi connectivity index (χ0) is 17.4. The number of fused-ring (bicyclic) bond motifs is 1. The van der Waals surface area contributed by atoms with Gasteiger partial charge in [0.1, 0.15) is 17.6 Å². The van der Waals surface area contributed by atoms with Crippen LogP contribution < -0.4 is 0 Å². The van der Waals surface area contributed by atoms with Crippen molar-refractivity contribution in [1.82, 2.24) is 0 Å². The van der Waals surface area contributed by atoms with Crippen LogP contribution in [0.2, 0.25) is 0 Å². The minimum atomic E-state index is -0.304. The normalized spacial score (nSPS) is 53.4. The van der Waals surface area contributed by atoms with Gasteiger partial charge in [0, 0.05) is 11.8 Å². The molecule has 5 aliphatic rings. The van der Waals surface area contributed by atoms with Gasteiger partial charge in [-0.15, -0.1) is 0 Å². The van der Waals surface area contributed by atoms with Gasteiger partial charge in [-0.05, 0) is 57.8 Å². The maximum absolute atomic E-state index is 13.1. The molecule has 2 saturated carbocycles. The van der Waals surface area contributed by atoms with Gasteiger partial charge in [-0.3, -0.25) is 4.79 Å². The molecule has 3 aliphatic heterocycles. The van der Waals surface area contributed by atoms with E-state index < -0.39 is 0 Å². The summed E-state index contributed by atoms with van der Waals surface area (Å²) in [7, 11) is 2.36. The summed E-state index contributed by atoms with van der Waals surface area (Å²) in [5, 5.41) is 0. The molecule has 0 N–H and O–H groups in total. The highest BCUT2D eigenvalue weighted by molar-refractivity contribution is 5.77. The van der Waals surface area contributed by atoms with Crippen LogP contribution in [0, 0.1) is 23.7 Å². The average Bonchev–Trinajstić information content (AvgIpc) is 3.20. The molecule has 2 aliphatic carbocycles. The summed E-state index contributed by atoms with van der Waals surface area (Å²) in [6.07, 6.45) is 8.81. The lowest BCUT2D eigenvalue weighted by molar-refractivity contribution is -0.916. The number of ether oxygens (including phenoxy) is 2. The average molecular weight is 349 g/mol. The second-order valence-corrected chi connectivity index (χ2v) is 10.3. The minimum Gasteiger partial charge on any atom is -0.455 e. The summed E-state index contributed by atoms with van der Waals surface area (Å²) in [6, 6.07) is 0. The summed E-state index contributed by atoms with van der Waals surface area (Å²) < 4.78 is 13.7. The van der Waals surface area contributed by atoms with E-state index >= 15 is 0 Å². The van der Waals surface area contributed by atoms with Gasteiger partial charge in [-0.1, -0.05) is 6.92 Å². The van der Waals surface area contributed by atoms with E-state index in [1.165, 1.54) is 38.8 Å². The van der Waals surface area contributed by atoms with Crippen molar-refractivity contribution in [2.45, 2.75) is 76.1 Å². The second kappa shape index (κ2) is 5.22. The Morgan fingerprint density at radius 1 is 1.12 bits per heavy atom. The molecular formula is C21H34NO3+. The summed E-state index contributed by atoms with van der Waals surface area (Å²) in [6.45, 7) is 8.03. The van der Waals surface area contributed by atoms with Gasteiger partial charge in [0.25, 0.3) is 0 Å². The molecule has 0 unspecified atom stereocenters. The lowest BCUT2D eigenvalue weighted by atomic mass is 9.55. The van der Waals surface area contributed by atoms with E-state index in [1.807, 2.05) is 0 Å². The van der Waals surface area contributed by atoms with E-state index in [-0.39, 0.29) is 29.2 Å². The lowest BCUT2D eigenvalue weighted by Crippen LogP contribution is -2.59. The molecule has 4 heteroatoms. The maximum Gasteiger partial charge on any atom is 0.315 e. The highest BCUT2D eigenvalue weighted by Gasteiger charge is 2.77. The summed E-state index contributed by atoms with van der Waals surface area (Å²) >= 11 is 0. The van der Waals surface area contributed by atoms with E-state index in [0.717, 1.165) is 30.3 Å². The van der Waals surface area contributed by atoms with E-state index in [0.29, 0.717) is 17.8 Å². The predicted molar refractivity (Wildman–Crippen MR) is 94.8 cm³/mol. The highest BCUT2D eigenvalue weighted by Crippen LogP contribution is 2.66. The molecule has 0 aromatic carbocycles. The fourth-order valence-electron chi connectivity index (χ4n) is 7.19. The number of likely N-dealkylation sites (tertiary alicyclic amines) is 1. The number of esters is 1. The van der Waals surface area contributed by atoms with E-state index in [2.05, 4.69) is 20.9 Å². The molecule has 140 valence electrons. The first-order valence-electron chi connectivity index (χ1n) is 10.6. The SMILES string of the molecule is C[C@@H]1CC[C@@H]2[C@@H](C[N+]3(C)CCCCC3)C(=O)O[C@]23[C@H]1CC[C@@]1(C)O[C@@H]31. The minimum absolute atomic E-state index is 0.0232. The highest BCUT2D eigenvalue weighted by atomic mass is 16.7. The van der Waals surface area contributed by atoms with Gasteiger partial charge in [0.2, 0.25) is 0 Å². The molecule has 5 rings (SSSR count). The smallest absolute Gasteiger partial charge is 0.315 e. The van der Waals surface area contributed by atoms with E-state index in [9.17, 15) is 4.79 Å².